The Labute approximate surface area is 126 Å². The summed E-state index contributed by atoms with van der Waals surface area (Å²) in [5.74, 6) is 0. The summed E-state index contributed by atoms with van der Waals surface area (Å²) in [5, 5.41) is 1.33. The monoisotopic (exact) mass is 278 g/mol. The van der Waals surface area contributed by atoms with Gasteiger partial charge in [-0.1, -0.05) is 30.3 Å². The predicted molar refractivity (Wildman–Crippen MR) is 89.7 cm³/mol. The molecule has 108 valence electrons. The molecule has 0 fully saturated rings. The van der Waals surface area contributed by atoms with Crippen LogP contribution in [0.2, 0.25) is 0 Å². The van der Waals surface area contributed by atoms with Crippen LogP contribution in [-0.2, 0) is 13.0 Å². The first-order valence-corrected chi connectivity index (χ1v) is 7.52. The zero-order valence-corrected chi connectivity index (χ0v) is 12.8. The van der Waals surface area contributed by atoms with Gasteiger partial charge in [0.05, 0.1) is 0 Å². The normalized spacial score (nSPS) is 11.2. The quantitative estimate of drug-likeness (QED) is 0.773. The second-order valence-electron chi connectivity index (χ2n) is 5.75. The largest absolute Gasteiger partial charge is 0.343 e. The molecule has 0 atom stereocenters. The first-order valence-electron chi connectivity index (χ1n) is 7.52. The molecule has 2 heteroatoms. The number of fused-ring (bicyclic) bond motifs is 1. The maximum atomic E-state index is 5.71. The Balaban J connectivity index is 1.97. The molecule has 0 radical (unpaired) electrons. The first-order chi connectivity index (χ1) is 10.2. The summed E-state index contributed by atoms with van der Waals surface area (Å²) in [6.45, 7) is 5.94. The molecule has 0 spiro atoms. The molecule has 0 aliphatic rings. The van der Waals surface area contributed by atoms with Gasteiger partial charge in [0.2, 0.25) is 0 Å². The zero-order valence-electron chi connectivity index (χ0n) is 12.8. The van der Waals surface area contributed by atoms with E-state index in [1.165, 1.54) is 33.2 Å². The van der Waals surface area contributed by atoms with Gasteiger partial charge in [-0.25, -0.2) is 0 Å². The molecular weight excluding hydrogens is 256 g/mol. The number of rotatable bonds is 4. The molecule has 0 aliphatic heterocycles. The van der Waals surface area contributed by atoms with Crippen molar-refractivity contribution in [2.45, 2.75) is 26.8 Å². The maximum Gasteiger partial charge on any atom is 0.0486 e. The van der Waals surface area contributed by atoms with E-state index in [0.29, 0.717) is 6.54 Å². The van der Waals surface area contributed by atoms with Crippen LogP contribution in [0.25, 0.3) is 10.9 Å². The van der Waals surface area contributed by atoms with Crippen LogP contribution in [0.1, 0.15) is 22.3 Å². The molecule has 2 N–H and O–H groups in total. The van der Waals surface area contributed by atoms with Gasteiger partial charge < -0.3 is 10.3 Å². The molecule has 0 bridgehead atoms. The highest BCUT2D eigenvalue weighted by Crippen LogP contribution is 2.22. The van der Waals surface area contributed by atoms with Crippen molar-refractivity contribution in [1.29, 1.82) is 0 Å². The van der Waals surface area contributed by atoms with Gasteiger partial charge in [-0.2, -0.15) is 0 Å². The molecule has 0 aliphatic carbocycles. The molecule has 1 aromatic heterocycles. The van der Waals surface area contributed by atoms with E-state index in [0.717, 1.165) is 13.0 Å². The highest BCUT2D eigenvalue weighted by atomic mass is 14.9. The van der Waals surface area contributed by atoms with Crippen molar-refractivity contribution < 1.29 is 0 Å². The van der Waals surface area contributed by atoms with E-state index >= 15 is 0 Å². The average molecular weight is 278 g/mol. The Morgan fingerprint density at radius 1 is 1.00 bits per heavy atom. The van der Waals surface area contributed by atoms with Gasteiger partial charge in [-0.15, -0.1) is 0 Å². The molecule has 0 saturated carbocycles. The van der Waals surface area contributed by atoms with Crippen LogP contribution < -0.4 is 5.73 Å². The second-order valence-corrected chi connectivity index (χ2v) is 5.75. The van der Waals surface area contributed by atoms with E-state index in [4.69, 9.17) is 5.73 Å². The smallest absolute Gasteiger partial charge is 0.0486 e. The van der Waals surface area contributed by atoms with Crippen molar-refractivity contribution in [3.8, 4) is 0 Å². The third-order valence-electron chi connectivity index (χ3n) is 4.24. The van der Waals surface area contributed by atoms with Gasteiger partial charge in [0, 0.05) is 23.6 Å². The van der Waals surface area contributed by atoms with Crippen LogP contribution in [-0.4, -0.2) is 11.1 Å². The van der Waals surface area contributed by atoms with Crippen molar-refractivity contribution >= 4 is 10.9 Å². The summed E-state index contributed by atoms with van der Waals surface area (Å²) in [4.78, 5) is 0. The maximum absolute atomic E-state index is 5.71. The van der Waals surface area contributed by atoms with Crippen LogP contribution in [0.3, 0.4) is 0 Å². The van der Waals surface area contributed by atoms with Crippen LogP contribution >= 0.6 is 0 Å². The minimum Gasteiger partial charge on any atom is -0.343 e. The molecular formula is C19H22N2. The fourth-order valence-electron chi connectivity index (χ4n) is 2.90. The molecule has 2 nitrogen and oxygen atoms in total. The van der Waals surface area contributed by atoms with Crippen molar-refractivity contribution in [2.75, 3.05) is 6.54 Å². The first kappa shape index (κ1) is 13.9. The van der Waals surface area contributed by atoms with Crippen molar-refractivity contribution in [3.05, 3.63) is 70.9 Å². The minimum absolute atomic E-state index is 0.696. The molecule has 0 amide bonds. The topological polar surface area (TPSA) is 30.9 Å². The van der Waals surface area contributed by atoms with E-state index in [1.807, 2.05) is 0 Å². The fourth-order valence-corrected chi connectivity index (χ4v) is 2.90. The van der Waals surface area contributed by atoms with Gasteiger partial charge >= 0.3 is 0 Å². The van der Waals surface area contributed by atoms with E-state index in [1.54, 1.807) is 0 Å². The van der Waals surface area contributed by atoms with Crippen molar-refractivity contribution in [1.82, 2.24) is 4.57 Å². The van der Waals surface area contributed by atoms with Crippen molar-refractivity contribution in [3.63, 3.8) is 0 Å². The average Bonchev–Trinajstić information content (AvgIpc) is 2.88. The third-order valence-corrected chi connectivity index (χ3v) is 4.24. The van der Waals surface area contributed by atoms with Gasteiger partial charge in [-0.05, 0) is 61.2 Å². The Morgan fingerprint density at radius 2 is 1.86 bits per heavy atom. The summed E-state index contributed by atoms with van der Waals surface area (Å²) >= 11 is 0. The Bertz CT molecular complexity index is 768. The number of aromatic nitrogens is 1. The summed E-state index contributed by atoms with van der Waals surface area (Å²) < 4.78 is 2.32. The number of hydrogen-bond acceptors (Lipinski definition) is 1. The zero-order chi connectivity index (χ0) is 14.8. The minimum atomic E-state index is 0.696. The lowest BCUT2D eigenvalue weighted by Crippen LogP contribution is -2.03. The fraction of sp³-hybridized carbons (Fsp3) is 0.263. The van der Waals surface area contributed by atoms with Crippen LogP contribution in [0, 0.1) is 13.8 Å². The summed E-state index contributed by atoms with van der Waals surface area (Å²) in [5.41, 5.74) is 12.4. The predicted octanol–water partition coefficient (Wildman–Crippen LogP) is 3.81. The lowest BCUT2D eigenvalue weighted by Gasteiger charge is -2.09. The summed E-state index contributed by atoms with van der Waals surface area (Å²) in [6.07, 6.45) is 3.12. The molecule has 2 aromatic carbocycles. The molecule has 21 heavy (non-hydrogen) atoms. The molecule has 3 aromatic rings. The van der Waals surface area contributed by atoms with E-state index < -0.39 is 0 Å². The van der Waals surface area contributed by atoms with Crippen LogP contribution in [0.15, 0.2) is 48.7 Å². The van der Waals surface area contributed by atoms with E-state index in [2.05, 4.69) is 67.1 Å². The van der Waals surface area contributed by atoms with E-state index in [9.17, 15) is 0 Å². The number of benzene rings is 2. The standard InChI is InChI=1S/C19H22N2/c1-14-6-7-16(12-15(14)2)13-21-11-9-18-17(8-10-20)4-3-5-19(18)21/h3-7,9,11-12H,8,10,13,20H2,1-2H3. The second kappa shape index (κ2) is 5.74. The van der Waals surface area contributed by atoms with Gasteiger partial charge in [-0.3, -0.25) is 0 Å². The third kappa shape index (κ3) is 2.72. The lowest BCUT2D eigenvalue weighted by molar-refractivity contribution is 0.835. The van der Waals surface area contributed by atoms with Crippen LogP contribution in [0.4, 0.5) is 0 Å². The van der Waals surface area contributed by atoms with Gasteiger partial charge in [0.15, 0.2) is 0 Å². The van der Waals surface area contributed by atoms with E-state index in [-0.39, 0.29) is 0 Å². The molecule has 1 heterocycles. The Kier molecular flexibility index (Phi) is 3.80. The Morgan fingerprint density at radius 3 is 2.62 bits per heavy atom. The van der Waals surface area contributed by atoms with Gasteiger partial charge in [0.1, 0.15) is 0 Å². The number of nitrogens with zero attached hydrogens (tertiary/aromatic N) is 1. The molecule has 3 rings (SSSR count). The number of hydrogen-bond donors (Lipinski definition) is 1. The Hall–Kier alpha value is -2.06. The van der Waals surface area contributed by atoms with Crippen molar-refractivity contribution in [2.24, 2.45) is 5.73 Å². The summed E-state index contributed by atoms with van der Waals surface area (Å²) in [6, 6.07) is 15.4. The lowest BCUT2D eigenvalue weighted by atomic mass is 10.1. The number of nitrogens with two attached hydrogens (primary N) is 1. The highest BCUT2D eigenvalue weighted by molar-refractivity contribution is 5.83. The van der Waals surface area contributed by atoms with Crippen LogP contribution in [0.5, 0.6) is 0 Å². The SMILES string of the molecule is Cc1ccc(Cn2ccc3c(CCN)cccc32)cc1C. The highest BCUT2D eigenvalue weighted by Gasteiger charge is 2.06. The molecule has 0 saturated heterocycles. The summed E-state index contributed by atoms with van der Waals surface area (Å²) in [7, 11) is 0. The van der Waals surface area contributed by atoms with Gasteiger partial charge in [0.25, 0.3) is 0 Å². The number of aryl methyl sites for hydroxylation is 2. The molecule has 0 unspecified atom stereocenters.